The van der Waals surface area contributed by atoms with Crippen LogP contribution in [0, 0.1) is 12.7 Å². The third-order valence-corrected chi connectivity index (χ3v) is 2.99. The van der Waals surface area contributed by atoms with Crippen molar-refractivity contribution in [3.63, 3.8) is 0 Å². The highest BCUT2D eigenvalue weighted by molar-refractivity contribution is 5.91. The lowest BCUT2D eigenvalue weighted by molar-refractivity contribution is -0.116. The fraction of sp³-hybridized carbons (Fsp3) is 0.200. The molecule has 0 unspecified atom stereocenters. The SMILES string of the molecule is COc1ccc(C=CC(=O)NCc2cn[nH]c2C)cc1F. The van der Waals surface area contributed by atoms with Crippen LogP contribution in [0.2, 0.25) is 0 Å². The number of halogens is 1. The number of ether oxygens (including phenoxy) is 1. The molecule has 110 valence electrons. The first-order valence-electron chi connectivity index (χ1n) is 6.38. The van der Waals surface area contributed by atoms with Gasteiger partial charge in [-0.05, 0) is 30.7 Å². The Kier molecular flexibility index (Phi) is 4.71. The lowest BCUT2D eigenvalue weighted by Crippen LogP contribution is -2.20. The number of aryl methyl sites for hydroxylation is 1. The molecule has 2 aromatic rings. The van der Waals surface area contributed by atoms with E-state index in [4.69, 9.17) is 4.74 Å². The maximum atomic E-state index is 13.5. The average Bonchev–Trinajstić information content (AvgIpc) is 2.88. The van der Waals surface area contributed by atoms with Crippen LogP contribution in [0.4, 0.5) is 4.39 Å². The number of rotatable bonds is 5. The fourth-order valence-corrected chi connectivity index (χ4v) is 1.75. The smallest absolute Gasteiger partial charge is 0.244 e. The number of aromatic nitrogens is 2. The Bertz CT molecular complexity index is 665. The van der Waals surface area contributed by atoms with Crippen LogP contribution >= 0.6 is 0 Å². The molecule has 2 N–H and O–H groups in total. The number of carbonyl (C=O) groups excluding carboxylic acids is 1. The van der Waals surface area contributed by atoms with Crippen LogP contribution in [0.25, 0.3) is 6.08 Å². The highest BCUT2D eigenvalue weighted by Gasteiger charge is 2.03. The van der Waals surface area contributed by atoms with Crippen molar-refractivity contribution in [3.8, 4) is 5.75 Å². The lowest BCUT2D eigenvalue weighted by Gasteiger charge is -2.02. The maximum absolute atomic E-state index is 13.5. The van der Waals surface area contributed by atoms with E-state index in [2.05, 4.69) is 15.5 Å². The van der Waals surface area contributed by atoms with Crippen LogP contribution in [0.3, 0.4) is 0 Å². The third kappa shape index (κ3) is 3.92. The average molecular weight is 289 g/mol. The van der Waals surface area contributed by atoms with Crippen molar-refractivity contribution in [2.75, 3.05) is 7.11 Å². The van der Waals surface area contributed by atoms with E-state index < -0.39 is 5.82 Å². The third-order valence-electron chi connectivity index (χ3n) is 2.99. The van der Waals surface area contributed by atoms with Gasteiger partial charge in [-0.15, -0.1) is 0 Å². The normalized spacial score (nSPS) is 10.8. The van der Waals surface area contributed by atoms with E-state index in [1.54, 1.807) is 18.3 Å². The number of H-pyrrole nitrogens is 1. The van der Waals surface area contributed by atoms with Crippen LogP contribution < -0.4 is 10.1 Å². The summed E-state index contributed by atoms with van der Waals surface area (Å²) in [7, 11) is 1.40. The first-order valence-corrected chi connectivity index (χ1v) is 6.38. The van der Waals surface area contributed by atoms with Crippen molar-refractivity contribution in [2.45, 2.75) is 13.5 Å². The first-order chi connectivity index (χ1) is 10.1. The molecule has 1 amide bonds. The van der Waals surface area contributed by atoms with Gasteiger partial charge in [0, 0.05) is 23.9 Å². The van der Waals surface area contributed by atoms with Gasteiger partial charge in [0.25, 0.3) is 0 Å². The number of hydrogen-bond acceptors (Lipinski definition) is 3. The molecule has 2 rings (SSSR count). The van der Waals surface area contributed by atoms with E-state index in [-0.39, 0.29) is 11.7 Å². The van der Waals surface area contributed by atoms with Crippen LogP contribution in [-0.4, -0.2) is 23.2 Å². The molecule has 0 atom stereocenters. The van der Waals surface area contributed by atoms with E-state index in [0.29, 0.717) is 12.1 Å². The van der Waals surface area contributed by atoms with Gasteiger partial charge in [-0.3, -0.25) is 9.89 Å². The molecule has 21 heavy (non-hydrogen) atoms. The predicted octanol–water partition coefficient (Wildman–Crippen LogP) is 2.20. The molecular formula is C15H16FN3O2. The monoisotopic (exact) mass is 289 g/mol. The molecule has 0 saturated carbocycles. The van der Waals surface area contributed by atoms with Gasteiger partial charge in [-0.2, -0.15) is 5.10 Å². The molecule has 0 fully saturated rings. The van der Waals surface area contributed by atoms with E-state index in [9.17, 15) is 9.18 Å². The Balaban J connectivity index is 1.93. The predicted molar refractivity (Wildman–Crippen MR) is 77.2 cm³/mol. The Morgan fingerprint density at radius 1 is 1.52 bits per heavy atom. The molecule has 0 aliphatic heterocycles. The summed E-state index contributed by atoms with van der Waals surface area (Å²) in [6, 6.07) is 4.50. The number of methoxy groups -OCH3 is 1. The zero-order chi connectivity index (χ0) is 15.2. The Morgan fingerprint density at radius 2 is 2.33 bits per heavy atom. The summed E-state index contributed by atoms with van der Waals surface area (Å²) in [5.41, 5.74) is 2.42. The van der Waals surface area contributed by atoms with Crippen molar-refractivity contribution >= 4 is 12.0 Å². The number of amides is 1. The van der Waals surface area contributed by atoms with Crippen molar-refractivity contribution in [3.05, 3.63) is 53.1 Å². The van der Waals surface area contributed by atoms with Gasteiger partial charge >= 0.3 is 0 Å². The summed E-state index contributed by atoms with van der Waals surface area (Å²) in [6.45, 7) is 2.27. The topological polar surface area (TPSA) is 67.0 Å². The molecule has 1 heterocycles. The highest BCUT2D eigenvalue weighted by Crippen LogP contribution is 2.18. The van der Waals surface area contributed by atoms with Gasteiger partial charge in [-0.25, -0.2) is 4.39 Å². The van der Waals surface area contributed by atoms with E-state index >= 15 is 0 Å². The van der Waals surface area contributed by atoms with E-state index in [1.165, 1.54) is 25.3 Å². The summed E-state index contributed by atoms with van der Waals surface area (Å²) in [4.78, 5) is 11.7. The van der Waals surface area contributed by atoms with E-state index in [0.717, 1.165) is 11.3 Å². The van der Waals surface area contributed by atoms with Gasteiger partial charge in [-0.1, -0.05) is 6.07 Å². The molecule has 5 nitrogen and oxygen atoms in total. The fourth-order valence-electron chi connectivity index (χ4n) is 1.75. The zero-order valence-corrected chi connectivity index (χ0v) is 11.8. The molecule has 0 saturated heterocycles. The second-order valence-electron chi connectivity index (χ2n) is 4.47. The zero-order valence-electron chi connectivity index (χ0n) is 11.8. The summed E-state index contributed by atoms with van der Waals surface area (Å²) < 4.78 is 18.3. The summed E-state index contributed by atoms with van der Waals surface area (Å²) >= 11 is 0. The Hall–Kier alpha value is -2.63. The van der Waals surface area contributed by atoms with Crippen molar-refractivity contribution < 1.29 is 13.9 Å². The molecule has 6 heteroatoms. The van der Waals surface area contributed by atoms with Gasteiger partial charge < -0.3 is 10.1 Å². The summed E-state index contributed by atoms with van der Waals surface area (Å²) in [5.74, 6) is -0.548. The molecule has 0 spiro atoms. The van der Waals surface area contributed by atoms with Crippen LogP contribution in [-0.2, 0) is 11.3 Å². The molecular weight excluding hydrogens is 273 g/mol. The summed E-state index contributed by atoms with van der Waals surface area (Å²) in [5, 5.41) is 9.39. The van der Waals surface area contributed by atoms with Gasteiger partial charge in [0.2, 0.25) is 5.91 Å². The van der Waals surface area contributed by atoms with Gasteiger partial charge in [0.05, 0.1) is 13.3 Å². The Labute approximate surface area is 121 Å². The molecule has 1 aromatic heterocycles. The number of nitrogens with zero attached hydrogens (tertiary/aromatic N) is 1. The van der Waals surface area contributed by atoms with Crippen molar-refractivity contribution in [1.82, 2.24) is 15.5 Å². The van der Waals surface area contributed by atoms with E-state index in [1.807, 2.05) is 6.92 Å². The molecule has 0 bridgehead atoms. The van der Waals surface area contributed by atoms with Crippen LogP contribution in [0.15, 0.2) is 30.5 Å². The largest absolute Gasteiger partial charge is 0.494 e. The van der Waals surface area contributed by atoms with Crippen LogP contribution in [0.5, 0.6) is 5.75 Å². The minimum Gasteiger partial charge on any atom is -0.494 e. The standard InChI is InChI=1S/C15H16FN3O2/c1-10-12(9-18-19-10)8-17-15(20)6-4-11-3-5-14(21-2)13(16)7-11/h3-7,9H,8H2,1-2H3,(H,17,20)(H,18,19). The number of hydrogen-bond donors (Lipinski definition) is 2. The quantitative estimate of drug-likeness (QED) is 0.829. The molecule has 0 aliphatic carbocycles. The van der Waals surface area contributed by atoms with Crippen molar-refractivity contribution in [2.24, 2.45) is 0 Å². The lowest BCUT2D eigenvalue weighted by atomic mass is 10.2. The molecule has 1 aromatic carbocycles. The highest BCUT2D eigenvalue weighted by atomic mass is 19.1. The minimum atomic E-state index is -0.464. The van der Waals surface area contributed by atoms with Gasteiger partial charge in [0.15, 0.2) is 11.6 Å². The minimum absolute atomic E-state index is 0.173. The molecule has 0 aliphatic rings. The second kappa shape index (κ2) is 6.69. The summed E-state index contributed by atoms with van der Waals surface area (Å²) in [6.07, 6.45) is 4.56. The van der Waals surface area contributed by atoms with Crippen LogP contribution in [0.1, 0.15) is 16.8 Å². The number of aromatic amines is 1. The number of nitrogens with one attached hydrogen (secondary N) is 2. The number of benzene rings is 1. The second-order valence-corrected chi connectivity index (χ2v) is 4.47. The maximum Gasteiger partial charge on any atom is 0.244 e. The van der Waals surface area contributed by atoms with Crippen molar-refractivity contribution in [1.29, 1.82) is 0 Å². The van der Waals surface area contributed by atoms with Gasteiger partial charge in [0.1, 0.15) is 0 Å². The molecule has 0 radical (unpaired) electrons. The first kappa shape index (κ1) is 14.8. The Morgan fingerprint density at radius 3 is 2.95 bits per heavy atom. The number of carbonyl (C=O) groups is 1.